The van der Waals surface area contributed by atoms with Gasteiger partial charge < -0.3 is 15.4 Å². The number of amides is 2. The van der Waals surface area contributed by atoms with Crippen molar-refractivity contribution in [3.05, 3.63) is 59.7 Å². The number of rotatable bonds is 6. The molecule has 27 heavy (non-hydrogen) atoms. The molecule has 0 spiro atoms. The van der Waals surface area contributed by atoms with Gasteiger partial charge in [0.1, 0.15) is 5.75 Å². The first-order chi connectivity index (χ1) is 12.6. The Hall–Kier alpha value is -3.15. The summed E-state index contributed by atoms with van der Waals surface area (Å²) < 4.78 is 5.40. The summed E-state index contributed by atoms with van der Waals surface area (Å²) in [5.74, 6) is -0.0153. The highest BCUT2D eigenvalue weighted by Crippen LogP contribution is 2.14. The molecule has 2 N–H and O–H groups in total. The molecular formula is C21H24N2O4. The van der Waals surface area contributed by atoms with E-state index in [2.05, 4.69) is 10.6 Å². The van der Waals surface area contributed by atoms with Gasteiger partial charge in [0.15, 0.2) is 12.4 Å². The second-order valence-electron chi connectivity index (χ2n) is 7.20. The van der Waals surface area contributed by atoms with Crippen LogP contribution in [0.2, 0.25) is 0 Å². The second-order valence-corrected chi connectivity index (χ2v) is 7.20. The minimum Gasteiger partial charge on any atom is -0.484 e. The molecule has 0 aromatic heterocycles. The summed E-state index contributed by atoms with van der Waals surface area (Å²) in [5.41, 5.74) is 1.36. The molecule has 2 aromatic rings. The van der Waals surface area contributed by atoms with Gasteiger partial charge >= 0.3 is 0 Å². The largest absolute Gasteiger partial charge is 0.484 e. The Morgan fingerprint density at radius 2 is 1.44 bits per heavy atom. The minimum atomic E-state index is -0.322. The van der Waals surface area contributed by atoms with Gasteiger partial charge in [0.2, 0.25) is 0 Å². The molecule has 0 saturated carbocycles. The predicted molar refractivity (Wildman–Crippen MR) is 104 cm³/mol. The highest BCUT2D eigenvalue weighted by Gasteiger charge is 2.15. The lowest BCUT2D eigenvalue weighted by Crippen LogP contribution is -2.40. The van der Waals surface area contributed by atoms with E-state index in [0.29, 0.717) is 22.6 Å². The number of Topliss-reactive ketones (excluding diaryl/α,β-unsaturated/α-hetero) is 1. The lowest BCUT2D eigenvalue weighted by atomic mass is 10.1. The van der Waals surface area contributed by atoms with Crippen molar-refractivity contribution in [2.75, 3.05) is 11.9 Å². The van der Waals surface area contributed by atoms with Crippen LogP contribution in [-0.4, -0.2) is 29.7 Å². The van der Waals surface area contributed by atoms with Gasteiger partial charge in [-0.15, -0.1) is 0 Å². The van der Waals surface area contributed by atoms with Gasteiger partial charge in [-0.05, 0) is 76.2 Å². The number of hydrogen-bond acceptors (Lipinski definition) is 4. The van der Waals surface area contributed by atoms with Crippen molar-refractivity contribution in [3.63, 3.8) is 0 Å². The van der Waals surface area contributed by atoms with Crippen LogP contribution in [0, 0.1) is 0 Å². The first-order valence-corrected chi connectivity index (χ1v) is 8.60. The van der Waals surface area contributed by atoms with Gasteiger partial charge in [0.05, 0.1) is 0 Å². The molecule has 0 heterocycles. The number of benzene rings is 2. The topological polar surface area (TPSA) is 84.5 Å². The summed E-state index contributed by atoms with van der Waals surface area (Å²) in [5, 5.41) is 5.58. The summed E-state index contributed by atoms with van der Waals surface area (Å²) in [4.78, 5) is 35.3. The van der Waals surface area contributed by atoms with Gasteiger partial charge in [-0.25, -0.2) is 0 Å². The monoisotopic (exact) mass is 368 g/mol. The van der Waals surface area contributed by atoms with Crippen molar-refractivity contribution in [3.8, 4) is 5.75 Å². The molecule has 2 amide bonds. The van der Waals surface area contributed by atoms with Crippen molar-refractivity contribution < 1.29 is 19.1 Å². The molecule has 0 bridgehead atoms. The maximum Gasteiger partial charge on any atom is 0.262 e. The Kier molecular flexibility index (Phi) is 6.34. The molecule has 6 heteroatoms. The van der Waals surface area contributed by atoms with E-state index in [1.807, 2.05) is 20.8 Å². The van der Waals surface area contributed by atoms with Gasteiger partial charge in [0, 0.05) is 22.4 Å². The quantitative estimate of drug-likeness (QED) is 0.765. The predicted octanol–water partition coefficient (Wildman–Crippen LogP) is 3.44. The molecular weight excluding hydrogens is 344 g/mol. The Balaban J connectivity index is 1.86. The first-order valence-electron chi connectivity index (χ1n) is 8.60. The highest BCUT2D eigenvalue weighted by molar-refractivity contribution is 5.96. The van der Waals surface area contributed by atoms with E-state index in [4.69, 9.17) is 4.74 Å². The first kappa shape index (κ1) is 20.2. The van der Waals surface area contributed by atoms with Gasteiger partial charge in [-0.1, -0.05) is 0 Å². The zero-order valence-corrected chi connectivity index (χ0v) is 16.0. The van der Waals surface area contributed by atoms with Crippen molar-refractivity contribution in [1.82, 2.24) is 5.32 Å². The summed E-state index contributed by atoms with van der Waals surface area (Å²) in [7, 11) is 0. The Bertz CT molecular complexity index is 819. The van der Waals surface area contributed by atoms with Crippen LogP contribution in [0.1, 0.15) is 48.4 Å². The van der Waals surface area contributed by atoms with E-state index in [1.54, 1.807) is 48.5 Å². The molecule has 0 aliphatic heterocycles. The van der Waals surface area contributed by atoms with E-state index >= 15 is 0 Å². The molecule has 0 fully saturated rings. The summed E-state index contributed by atoms with van der Waals surface area (Å²) in [6, 6.07) is 13.2. The molecule has 0 saturated heterocycles. The molecule has 0 radical (unpaired) electrons. The maximum absolute atomic E-state index is 12.1. The Morgan fingerprint density at radius 3 is 1.96 bits per heavy atom. The smallest absolute Gasteiger partial charge is 0.262 e. The number of carbonyl (C=O) groups excluding carboxylic acids is 3. The number of hydrogen-bond donors (Lipinski definition) is 2. The molecule has 2 rings (SSSR count). The van der Waals surface area contributed by atoms with Crippen molar-refractivity contribution >= 4 is 23.3 Å². The van der Waals surface area contributed by atoms with Gasteiger partial charge in [-0.3, -0.25) is 14.4 Å². The molecule has 0 unspecified atom stereocenters. The number of nitrogens with one attached hydrogen (secondary N) is 2. The zero-order chi connectivity index (χ0) is 20.0. The standard InChI is InChI=1S/C21H24N2O4/c1-14(24)15-7-11-18(12-8-15)27-13-19(25)22-17-9-5-16(6-10-17)20(26)23-21(2,3)4/h5-12H,13H2,1-4H3,(H,22,25)(H,23,26). The zero-order valence-electron chi connectivity index (χ0n) is 16.0. The maximum atomic E-state index is 12.1. The van der Waals surface area contributed by atoms with Crippen LogP contribution in [0.15, 0.2) is 48.5 Å². The van der Waals surface area contributed by atoms with E-state index in [9.17, 15) is 14.4 Å². The third kappa shape index (κ3) is 6.58. The van der Waals surface area contributed by atoms with Crippen molar-refractivity contribution in [2.24, 2.45) is 0 Å². The highest BCUT2D eigenvalue weighted by atomic mass is 16.5. The lowest BCUT2D eigenvalue weighted by molar-refractivity contribution is -0.118. The summed E-state index contributed by atoms with van der Waals surface area (Å²) >= 11 is 0. The normalized spacial score (nSPS) is 10.8. The third-order valence-electron chi connectivity index (χ3n) is 3.55. The van der Waals surface area contributed by atoms with E-state index < -0.39 is 0 Å². The fourth-order valence-corrected chi connectivity index (χ4v) is 2.25. The lowest BCUT2D eigenvalue weighted by Gasteiger charge is -2.20. The molecule has 0 atom stereocenters. The van der Waals surface area contributed by atoms with Crippen LogP contribution in [0.4, 0.5) is 5.69 Å². The number of anilines is 1. The van der Waals surface area contributed by atoms with E-state index in [1.165, 1.54) is 6.92 Å². The summed E-state index contributed by atoms with van der Waals surface area (Å²) in [6.07, 6.45) is 0. The number of carbonyl (C=O) groups is 3. The van der Waals surface area contributed by atoms with Crippen molar-refractivity contribution in [1.29, 1.82) is 0 Å². The summed E-state index contributed by atoms with van der Waals surface area (Å²) in [6.45, 7) is 7.06. The van der Waals surface area contributed by atoms with E-state index in [0.717, 1.165) is 0 Å². The SMILES string of the molecule is CC(=O)c1ccc(OCC(=O)Nc2ccc(C(=O)NC(C)(C)C)cc2)cc1. The molecule has 2 aromatic carbocycles. The molecule has 6 nitrogen and oxygen atoms in total. The third-order valence-corrected chi connectivity index (χ3v) is 3.55. The van der Waals surface area contributed by atoms with Crippen LogP contribution in [-0.2, 0) is 4.79 Å². The molecule has 0 aliphatic carbocycles. The fraction of sp³-hybridized carbons (Fsp3) is 0.286. The Morgan fingerprint density at radius 1 is 0.889 bits per heavy atom. The van der Waals surface area contributed by atoms with Crippen LogP contribution in [0.3, 0.4) is 0 Å². The average molecular weight is 368 g/mol. The second kappa shape index (κ2) is 8.49. The van der Waals surface area contributed by atoms with Crippen LogP contribution >= 0.6 is 0 Å². The van der Waals surface area contributed by atoms with Gasteiger partial charge in [-0.2, -0.15) is 0 Å². The van der Waals surface area contributed by atoms with Crippen LogP contribution in [0.5, 0.6) is 5.75 Å². The van der Waals surface area contributed by atoms with E-state index in [-0.39, 0.29) is 29.7 Å². The number of ketones is 1. The minimum absolute atomic E-state index is 0.0288. The Labute approximate surface area is 158 Å². The number of ether oxygens (including phenoxy) is 1. The van der Waals surface area contributed by atoms with Gasteiger partial charge in [0.25, 0.3) is 11.8 Å². The average Bonchev–Trinajstić information content (AvgIpc) is 2.59. The fourth-order valence-electron chi connectivity index (χ4n) is 2.25. The van der Waals surface area contributed by atoms with Crippen LogP contribution in [0.25, 0.3) is 0 Å². The molecule has 0 aliphatic rings. The van der Waals surface area contributed by atoms with Crippen LogP contribution < -0.4 is 15.4 Å². The van der Waals surface area contributed by atoms with Crippen molar-refractivity contribution in [2.45, 2.75) is 33.2 Å². The molecule has 142 valence electrons.